The SMILES string of the molecule is CCOc1ccccc1CN(C)C(=O)[C@H](N)CCSC. The number of ether oxygens (including phenoxy) is 1. The average Bonchev–Trinajstić information content (AvgIpc) is 2.46. The first-order chi connectivity index (χ1) is 9.60. The Kier molecular flexibility index (Phi) is 7.47. The number of carbonyl (C=O) groups is 1. The third-order valence-electron chi connectivity index (χ3n) is 3.01. The fourth-order valence-corrected chi connectivity index (χ4v) is 2.41. The van der Waals surface area contributed by atoms with Gasteiger partial charge < -0.3 is 15.4 Å². The van der Waals surface area contributed by atoms with Crippen molar-refractivity contribution in [1.82, 2.24) is 4.90 Å². The van der Waals surface area contributed by atoms with E-state index in [1.54, 1.807) is 23.7 Å². The normalized spacial score (nSPS) is 12.0. The highest BCUT2D eigenvalue weighted by Crippen LogP contribution is 2.19. The van der Waals surface area contributed by atoms with Crippen molar-refractivity contribution in [3.63, 3.8) is 0 Å². The zero-order valence-electron chi connectivity index (χ0n) is 12.5. The monoisotopic (exact) mass is 296 g/mol. The second-order valence-electron chi connectivity index (χ2n) is 4.62. The van der Waals surface area contributed by atoms with E-state index in [2.05, 4.69) is 0 Å². The van der Waals surface area contributed by atoms with Gasteiger partial charge in [-0.15, -0.1) is 0 Å². The van der Waals surface area contributed by atoms with Crippen molar-refractivity contribution in [2.75, 3.05) is 25.7 Å². The standard InChI is InChI=1S/C15H24N2O2S/c1-4-19-14-8-6-5-7-12(14)11-17(2)15(18)13(16)9-10-20-3/h5-8,13H,4,9-11,16H2,1-3H3/t13-/m1/s1. The van der Waals surface area contributed by atoms with E-state index in [9.17, 15) is 4.79 Å². The molecule has 1 atom stereocenters. The number of thioether (sulfide) groups is 1. The van der Waals surface area contributed by atoms with Crippen LogP contribution in [0.3, 0.4) is 0 Å². The van der Waals surface area contributed by atoms with Crippen LogP contribution in [-0.2, 0) is 11.3 Å². The maximum absolute atomic E-state index is 12.2. The first-order valence-electron chi connectivity index (χ1n) is 6.80. The number of para-hydroxylation sites is 1. The summed E-state index contributed by atoms with van der Waals surface area (Å²) < 4.78 is 5.57. The quantitative estimate of drug-likeness (QED) is 0.798. The molecule has 112 valence electrons. The lowest BCUT2D eigenvalue weighted by Gasteiger charge is -2.22. The molecule has 1 rings (SSSR count). The molecule has 4 nitrogen and oxygen atoms in total. The molecule has 0 saturated carbocycles. The molecule has 0 saturated heterocycles. The number of carbonyl (C=O) groups excluding carboxylic acids is 1. The molecular weight excluding hydrogens is 272 g/mol. The van der Waals surface area contributed by atoms with E-state index < -0.39 is 6.04 Å². The van der Waals surface area contributed by atoms with E-state index in [1.165, 1.54) is 0 Å². The summed E-state index contributed by atoms with van der Waals surface area (Å²) in [5.74, 6) is 1.70. The minimum absolute atomic E-state index is 0.0228. The van der Waals surface area contributed by atoms with Crippen molar-refractivity contribution < 1.29 is 9.53 Å². The molecule has 2 N–H and O–H groups in total. The highest BCUT2D eigenvalue weighted by Gasteiger charge is 2.18. The second kappa shape index (κ2) is 8.87. The molecule has 1 aromatic rings. The van der Waals surface area contributed by atoms with Crippen LogP contribution < -0.4 is 10.5 Å². The van der Waals surface area contributed by atoms with Crippen molar-refractivity contribution in [2.24, 2.45) is 5.73 Å². The van der Waals surface area contributed by atoms with Crippen LogP contribution in [0.5, 0.6) is 5.75 Å². The zero-order chi connectivity index (χ0) is 15.0. The van der Waals surface area contributed by atoms with Crippen molar-refractivity contribution >= 4 is 17.7 Å². The van der Waals surface area contributed by atoms with Gasteiger partial charge in [-0.2, -0.15) is 11.8 Å². The first kappa shape index (κ1) is 16.9. The van der Waals surface area contributed by atoms with Gasteiger partial charge in [-0.25, -0.2) is 0 Å². The molecule has 0 aliphatic heterocycles. The van der Waals surface area contributed by atoms with Crippen LogP contribution in [0.25, 0.3) is 0 Å². The fraction of sp³-hybridized carbons (Fsp3) is 0.533. The van der Waals surface area contributed by atoms with Crippen LogP contribution >= 0.6 is 11.8 Å². The van der Waals surface area contributed by atoms with Crippen LogP contribution in [0, 0.1) is 0 Å². The Bertz CT molecular complexity index is 426. The minimum atomic E-state index is -0.424. The van der Waals surface area contributed by atoms with Gasteiger partial charge >= 0.3 is 0 Å². The number of amides is 1. The second-order valence-corrected chi connectivity index (χ2v) is 5.61. The van der Waals surface area contributed by atoms with Gasteiger partial charge in [-0.1, -0.05) is 18.2 Å². The smallest absolute Gasteiger partial charge is 0.239 e. The van der Waals surface area contributed by atoms with Crippen molar-refractivity contribution in [3.05, 3.63) is 29.8 Å². The van der Waals surface area contributed by atoms with Crippen LogP contribution in [0.4, 0.5) is 0 Å². The molecule has 1 aromatic carbocycles. The van der Waals surface area contributed by atoms with Gasteiger partial charge in [0.15, 0.2) is 0 Å². The number of likely N-dealkylation sites (N-methyl/N-ethyl adjacent to an activating group) is 1. The molecule has 0 aliphatic rings. The van der Waals surface area contributed by atoms with Crippen LogP contribution in [-0.4, -0.2) is 42.5 Å². The summed E-state index contributed by atoms with van der Waals surface area (Å²) in [5.41, 5.74) is 6.92. The summed E-state index contributed by atoms with van der Waals surface area (Å²) >= 11 is 1.70. The number of nitrogens with two attached hydrogens (primary N) is 1. The molecule has 0 heterocycles. The topological polar surface area (TPSA) is 55.6 Å². The zero-order valence-corrected chi connectivity index (χ0v) is 13.3. The Morgan fingerprint density at radius 2 is 2.15 bits per heavy atom. The third kappa shape index (κ3) is 5.06. The Hall–Kier alpha value is -1.20. The summed E-state index contributed by atoms with van der Waals surface area (Å²) in [6, 6.07) is 7.35. The van der Waals surface area contributed by atoms with Crippen molar-refractivity contribution in [2.45, 2.75) is 25.9 Å². The maximum Gasteiger partial charge on any atom is 0.239 e. The lowest BCUT2D eigenvalue weighted by Crippen LogP contribution is -2.41. The van der Waals surface area contributed by atoms with E-state index in [0.29, 0.717) is 19.6 Å². The van der Waals surface area contributed by atoms with Gasteiger partial charge in [0.1, 0.15) is 5.75 Å². The number of rotatable bonds is 8. The molecule has 20 heavy (non-hydrogen) atoms. The van der Waals surface area contributed by atoms with Crippen molar-refractivity contribution in [1.29, 1.82) is 0 Å². The van der Waals surface area contributed by atoms with Crippen molar-refractivity contribution in [3.8, 4) is 5.75 Å². The Labute approximate surface area is 125 Å². The minimum Gasteiger partial charge on any atom is -0.494 e. The van der Waals surface area contributed by atoms with Gasteiger partial charge in [-0.05, 0) is 31.4 Å². The van der Waals surface area contributed by atoms with E-state index >= 15 is 0 Å². The molecule has 0 spiro atoms. The van der Waals surface area contributed by atoms with Gasteiger partial charge in [0.25, 0.3) is 0 Å². The van der Waals surface area contributed by atoms with Gasteiger partial charge in [0, 0.05) is 19.2 Å². The van der Waals surface area contributed by atoms with E-state index in [-0.39, 0.29) is 5.91 Å². The average molecular weight is 296 g/mol. The maximum atomic E-state index is 12.2. The molecule has 0 bridgehead atoms. The predicted molar refractivity (Wildman–Crippen MR) is 85.1 cm³/mol. The lowest BCUT2D eigenvalue weighted by molar-refractivity contribution is -0.131. The number of benzene rings is 1. The van der Waals surface area contributed by atoms with Gasteiger partial charge in [0.2, 0.25) is 5.91 Å². The summed E-state index contributed by atoms with van der Waals surface area (Å²) in [6.45, 7) is 3.08. The van der Waals surface area contributed by atoms with E-state index in [4.69, 9.17) is 10.5 Å². The molecule has 5 heteroatoms. The van der Waals surface area contributed by atoms with Crippen LogP contribution in [0.1, 0.15) is 18.9 Å². The Morgan fingerprint density at radius 3 is 2.80 bits per heavy atom. The molecule has 0 unspecified atom stereocenters. The molecule has 1 amide bonds. The van der Waals surface area contributed by atoms with Gasteiger partial charge in [0.05, 0.1) is 12.6 Å². The molecular formula is C15H24N2O2S. The summed E-state index contributed by atoms with van der Waals surface area (Å²) in [7, 11) is 1.78. The highest BCUT2D eigenvalue weighted by atomic mass is 32.2. The lowest BCUT2D eigenvalue weighted by atomic mass is 10.1. The summed E-state index contributed by atoms with van der Waals surface area (Å²) in [5, 5.41) is 0. The molecule has 0 radical (unpaired) electrons. The number of hydrogen-bond acceptors (Lipinski definition) is 4. The fourth-order valence-electron chi connectivity index (χ4n) is 1.92. The molecule has 0 aromatic heterocycles. The first-order valence-corrected chi connectivity index (χ1v) is 8.19. The largest absolute Gasteiger partial charge is 0.494 e. The highest BCUT2D eigenvalue weighted by molar-refractivity contribution is 7.98. The summed E-state index contributed by atoms with van der Waals surface area (Å²) in [6.07, 6.45) is 2.72. The molecule has 0 aliphatic carbocycles. The predicted octanol–water partition coefficient (Wildman–Crippen LogP) is 2.12. The Morgan fingerprint density at radius 1 is 1.45 bits per heavy atom. The third-order valence-corrected chi connectivity index (χ3v) is 3.65. The van der Waals surface area contributed by atoms with Crippen LogP contribution in [0.15, 0.2) is 24.3 Å². The van der Waals surface area contributed by atoms with Crippen LogP contribution in [0.2, 0.25) is 0 Å². The van der Waals surface area contributed by atoms with E-state index in [0.717, 1.165) is 17.1 Å². The molecule has 0 fully saturated rings. The van der Waals surface area contributed by atoms with E-state index in [1.807, 2.05) is 37.4 Å². The number of nitrogens with zero attached hydrogens (tertiary/aromatic N) is 1. The van der Waals surface area contributed by atoms with Gasteiger partial charge in [-0.3, -0.25) is 4.79 Å². The Balaban J connectivity index is 2.65. The summed E-state index contributed by atoms with van der Waals surface area (Å²) in [4.78, 5) is 13.8. The number of hydrogen-bond donors (Lipinski definition) is 1.